The van der Waals surface area contributed by atoms with Crippen molar-refractivity contribution < 1.29 is 9.59 Å². The lowest BCUT2D eigenvalue weighted by molar-refractivity contribution is 0.0664. The number of rotatable bonds is 3. The summed E-state index contributed by atoms with van der Waals surface area (Å²) in [5.74, 6) is 0.0207. The van der Waals surface area contributed by atoms with Gasteiger partial charge in [-0.1, -0.05) is 24.3 Å². The summed E-state index contributed by atoms with van der Waals surface area (Å²) in [6, 6.07) is 17.5. The van der Waals surface area contributed by atoms with Gasteiger partial charge in [-0.25, -0.2) is 0 Å². The minimum atomic E-state index is 0.00531. The van der Waals surface area contributed by atoms with Crippen LogP contribution in [0.15, 0.2) is 54.6 Å². The van der Waals surface area contributed by atoms with Gasteiger partial charge < -0.3 is 19.6 Å². The number of piperazine rings is 2. The van der Waals surface area contributed by atoms with Crippen LogP contribution in [0.4, 0.5) is 5.69 Å². The third kappa shape index (κ3) is 4.43. The van der Waals surface area contributed by atoms with Crippen molar-refractivity contribution >= 4 is 17.5 Å². The molecular weight excluding hydrogens is 364 g/mol. The Morgan fingerprint density at radius 1 is 0.655 bits per heavy atom. The van der Waals surface area contributed by atoms with Gasteiger partial charge in [-0.15, -0.1) is 0 Å². The summed E-state index contributed by atoms with van der Waals surface area (Å²) < 4.78 is 0. The van der Waals surface area contributed by atoms with Crippen molar-refractivity contribution in [3.05, 3.63) is 65.7 Å². The molecule has 0 radical (unpaired) electrons. The lowest BCUT2D eigenvalue weighted by atomic mass is 10.1. The van der Waals surface area contributed by atoms with Crippen LogP contribution in [0, 0.1) is 0 Å². The van der Waals surface area contributed by atoms with Gasteiger partial charge in [-0.05, 0) is 37.4 Å². The molecule has 2 aromatic carbocycles. The van der Waals surface area contributed by atoms with Crippen LogP contribution >= 0.6 is 0 Å². The van der Waals surface area contributed by atoms with Crippen LogP contribution in [0.5, 0.6) is 0 Å². The topological polar surface area (TPSA) is 47.1 Å². The predicted molar refractivity (Wildman–Crippen MR) is 114 cm³/mol. The van der Waals surface area contributed by atoms with Crippen LogP contribution in [-0.4, -0.2) is 85.9 Å². The van der Waals surface area contributed by atoms with E-state index in [0.29, 0.717) is 24.2 Å². The Bertz CT molecular complexity index is 854. The molecule has 4 rings (SSSR count). The number of carbonyl (C=O) groups is 2. The van der Waals surface area contributed by atoms with E-state index >= 15 is 0 Å². The maximum absolute atomic E-state index is 13.0. The number of para-hydroxylation sites is 1. The van der Waals surface area contributed by atoms with Crippen molar-refractivity contribution in [3.8, 4) is 0 Å². The van der Waals surface area contributed by atoms with Gasteiger partial charge in [-0.2, -0.15) is 0 Å². The highest BCUT2D eigenvalue weighted by atomic mass is 16.2. The van der Waals surface area contributed by atoms with Crippen molar-refractivity contribution in [1.82, 2.24) is 14.7 Å². The SMILES string of the molecule is CN1CCN(C(=O)c2cccc(C(=O)N3CCN(c4ccccc4)CC3)c2)CC1. The molecule has 0 bridgehead atoms. The number of hydrogen-bond donors (Lipinski definition) is 0. The molecule has 2 aliphatic heterocycles. The standard InChI is InChI=1S/C23H28N4O2/c1-24-10-12-26(13-11-24)22(28)19-6-5-7-20(18-19)23(29)27-16-14-25(15-17-27)21-8-3-2-4-9-21/h2-9,18H,10-17H2,1H3. The second-order valence-corrected chi connectivity index (χ2v) is 7.79. The zero-order valence-corrected chi connectivity index (χ0v) is 17.0. The van der Waals surface area contributed by atoms with Crippen molar-refractivity contribution in [2.75, 3.05) is 64.3 Å². The van der Waals surface area contributed by atoms with E-state index in [1.807, 2.05) is 46.2 Å². The quantitative estimate of drug-likeness (QED) is 0.802. The fraction of sp³-hybridized carbons (Fsp3) is 0.391. The monoisotopic (exact) mass is 392 g/mol. The second kappa shape index (κ2) is 8.66. The predicted octanol–water partition coefficient (Wildman–Crippen LogP) is 2.04. The summed E-state index contributed by atoms with van der Waals surface area (Å²) in [6.07, 6.45) is 0. The highest BCUT2D eigenvalue weighted by molar-refractivity contribution is 5.99. The largest absolute Gasteiger partial charge is 0.368 e. The molecule has 2 fully saturated rings. The molecule has 0 N–H and O–H groups in total. The zero-order chi connectivity index (χ0) is 20.2. The average Bonchev–Trinajstić information content (AvgIpc) is 2.79. The lowest BCUT2D eigenvalue weighted by Crippen LogP contribution is -2.49. The molecule has 2 saturated heterocycles. The summed E-state index contributed by atoms with van der Waals surface area (Å²) in [6.45, 7) is 6.23. The van der Waals surface area contributed by atoms with Gasteiger partial charge in [0.05, 0.1) is 0 Å². The van der Waals surface area contributed by atoms with Gasteiger partial charge in [-0.3, -0.25) is 9.59 Å². The summed E-state index contributed by atoms with van der Waals surface area (Å²) in [5.41, 5.74) is 2.39. The maximum atomic E-state index is 13.0. The Morgan fingerprint density at radius 3 is 1.72 bits per heavy atom. The molecule has 2 amide bonds. The highest BCUT2D eigenvalue weighted by Gasteiger charge is 2.24. The van der Waals surface area contributed by atoms with Crippen LogP contribution in [0.1, 0.15) is 20.7 Å². The fourth-order valence-electron chi connectivity index (χ4n) is 3.97. The average molecular weight is 393 g/mol. The van der Waals surface area contributed by atoms with Gasteiger partial charge in [0.2, 0.25) is 0 Å². The van der Waals surface area contributed by atoms with E-state index < -0.39 is 0 Å². The Balaban J connectivity index is 1.39. The molecule has 2 aromatic rings. The maximum Gasteiger partial charge on any atom is 0.253 e. The summed E-state index contributed by atoms with van der Waals surface area (Å²) in [4.78, 5) is 34.1. The second-order valence-electron chi connectivity index (χ2n) is 7.79. The number of amides is 2. The number of anilines is 1. The van der Waals surface area contributed by atoms with Crippen molar-refractivity contribution in [2.45, 2.75) is 0 Å². The summed E-state index contributed by atoms with van der Waals surface area (Å²) >= 11 is 0. The van der Waals surface area contributed by atoms with Crippen LogP contribution in [-0.2, 0) is 0 Å². The summed E-state index contributed by atoms with van der Waals surface area (Å²) in [5, 5.41) is 0. The number of hydrogen-bond acceptors (Lipinski definition) is 4. The minimum absolute atomic E-state index is 0.00531. The van der Waals surface area contributed by atoms with Gasteiger partial charge in [0.15, 0.2) is 0 Å². The first-order valence-electron chi connectivity index (χ1n) is 10.3. The molecule has 0 atom stereocenters. The zero-order valence-electron chi connectivity index (χ0n) is 17.0. The smallest absolute Gasteiger partial charge is 0.253 e. The number of benzene rings is 2. The van der Waals surface area contributed by atoms with Gasteiger partial charge in [0.25, 0.3) is 11.8 Å². The molecule has 0 aliphatic carbocycles. The van der Waals surface area contributed by atoms with E-state index in [1.54, 1.807) is 6.07 Å². The Morgan fingerprint density at radius 2 is 1.17 bits per heavy atom. The van der Waals surface area contributed by atoms with E-state index in [1.165, 1.54) is 5.69 Å². The van der Waals surface area contributed by atoms with Crippen LogP contribution in [0.3, 0.4) is 0 Å². The first-order chi connectivity index (χ1) is 14.1. The van der Waals surface area contributed by atoms with E-state index in [2.05, 4.69) is 29.0 Å². The molecule has 29 heavy (non-hydrogen) atoms. The normalized spacial score (nSPS) is 18.0. The molecule has 152 valence electrons. The van der Waals surface area contributed by atoms with Gasteiger partial charge in [0, 0.05) is 69.2 Å². The first kappa shape index (κ1) is 19.5. The molecule has 0 saturated carbocycles. The summed E-state index contributed by atoms with van der Waals surface area (Å²) in [7, 11) is 2.07. The molecule has 6 heteroatoms. The van der Waals surface area contributed by atoms with Crippen LogP contribution in [0.2, 0.25) is 0 Å². The van der Waals surface area contributed by atoms with Crippen molar-refractivity contribution in [3.63, 3.8) is 0 Å². The molecule has 0 unspecified atom stereocenters. The number of nitrogens with zero attached hydrogens (tertiary/aromatic N) is 4. The van der Waals surface area contributed by atoms with Gasteiger partial charge in [0.1, 0.15) is 0 Å². The van der Waals surface area contributed by atoms with E-state index in [4.69, 9.17) is 0 Å². The molecular formula is C23H28N4O2. The van der Waals surface area contributed by atoms with Gasteiger partial charge >= 0.3 is 0 Å². The number of likely N-dealkylation sites (N-methyl/N-ethyl adjacent to an activating group) is 1. The molecule has 6 nitrogen and oxygen atoms in total. The molecule has 0 aromatic heterocycles. The number of carbonyl (C=O) groups excluding carboxylic acids is 2. The highest BCUT2D eigenvalue weighted by Crippen LogP contribution is 2.18. The molecule has 2 heterocycles. The minimum Gasteiger partial charge on any atom is -0.368 e. The van der Waals surface area contributed by atoms with Crippen LogP contribution < -0.4 is 4.90 Å². The van der Waals surface area contributed by atoms with Crippen LogP contribution in [0.25, 0.3) is 0 Å². The Kier molecular flexibility index (Phi) is 5.81. The van der Waals surface area contributed by atoms with Crippen molar-refractivity contribution in [2.24, 2.45) is 0 Å². The molecule has 2 aliphatic rings. The van der Waals surface area contributed by atoms with Crippen molar-refractivity contribution in [1.29, 1.82) is 0 Å². The lowest BCUT2D eigenvalue weighted by Gasteiger charge is -2.36. The molecule has 0 spiro atoms. The Hall–Kier alpha value is -2.86. The fourth-order valence-corrected chi connectivity index (χ4v) is 3.97. The van der Waals surface area contributed by atoms with E-state index in [-0.39, 0.29) is 11.8 Å². The third-order valence-electron chi connectivity index (χ3n) is 5.84. The first-order valence-corrected chi connectivity index (χ1v) is 10.3. The van der Waals surface area contributed by atoms with E-state index in [0.717, 1.165) is 39.3 Å². The van der Waals surface area contributed by atoms with E-state index in [9.17, 15) is 9.59 Å². The third-order valence-corrected chi connectivity index (χ3v) is 5.84. The Labute approximate surface area is 172 Å².